The van der Waals surface area contributed by atoms with E-state index in [4.69, 9.17) is 33.7 Å². The number of hydrogen-bond donors (Lipinski definition) is 1. The van der Waals surface area contributed by atoms with Gasteiger partial charge >= 0.3 is 0 Å². The lowest BCUT2D eigenvalue weighted by molar-refractivity contribution is 0.458. The van der Waals surface area contributed by atoms with Gasteiger partial charge in [0.05, 0.1) is 5.02 Å². The molecular formula is C11H7Cl2FN2O. The zero-order valence-corrected chi connectivity index (χ0v) is 9.97. The number of nitrogens with zero attached hydrogens (tertiary/aromatic N) is 1. The molecule has 1 aromatic heterocycles. The second-order valence-corrected chi connectivity index (χ2v) is 4.03. The third kappa shape index (κ3) is 2.99. The molecule has 1 aromatic carbocycles. The molecule has 17 heavy (non-hydrogen) atoms. The first-order chi connectivity index (χ1) is 8.04. The van der Waals surface area contributed by atoms with Crippen LogP contribution in [0.1, 0.15) is 0 Å². The molecular weight excluding hydrogens is 266 g/mol. The average Bonchev–Trinajstić information content (AvgIpc) is 2.22. The molecule has 0 radical (unpaired) electrons. The van der Waals surface area contributed by atoms with Crippen LogP contribution < -0.4 is 10.5 Å². The zero-order chi connectivity index (χ0) is 12.4. The minimum Gasteiger partial charge on any atom is -0.439 e. The highest BCUT2D eigenvalue weighted by atomic mass is 35.5. The molecule has 0 fully saturated rings. The molecule has 0 amide bonds. The van der Waals surface area contributed by atoms with Gasteiger partial charge in [-0.05, 0) is 18.2 Å². The Labute approximate surface area is 107 Å². The number of halogens is 3. The molecule has 0 unspecified atom stereocenters. The Morgan fingerprint density at radius 2 is 1.94 bits per heavy atom. The summed E-state index contributed by atoms with van der Waals surface area (Å²) in [5.74, 6) is -0.114. The van der Waals surface area contributed by atoms with Crippen LogP contribution in [0.5, 0.6) is 11.6 Å². The van der Waals surface area contributed by atoms with Crippen molar-refractivity contribution in [3.63, 3.8) is 0 Å². The van der Waals surface area contributed by atoms with Gasteiger partial charge in [0.15, 0.2) is 0 Å². The predicted octanol–water partition coefficient (Wildman–Crippen LogP) is 3.90. The number of aromatic nitrogens is 1. The van der Waals surface area contributed by atoms with Gasteiger partial charge in [-0.2, -0.15) is 0 Å². The van der Waals surface area contributed by atoms with Crippen LogP contribution in [0.25, 0.3) is 0 Å². The van der Waals surface area contributed by atoms with E-state index in [-0.39, 0.29) is 21.8 Å². The van der Waals surface area contributed by atoms with Crippen molar-refractivity contribution in [3.05, 3.63) is 46.3 Å². The van der Waals surface area contributed by atoms with Gasteiger partial charge in [0.25, 0.3) is 0 Å². The first-order valence-corrected chi connectivity index (χ1v) is 5.36. The second-order valence-electron chi connectivity index (χ2n) is 3.24. The molecule has 0 saturated heterocycles. The summed E-state index contributed by atoms with van der Waals surface area (Å²) < 4.78 is 18.5. The highest BCUT2D eigenvalue weighted by Crippen LogP contribution is 2.26. The molecule has 88 valence electrons. The van der Waals surface area contributed by atoms with Crippen molar-refractivity contribution in [2.45, 2.75) is 0 Å². The number of ether oxygens (including phenoxy) is 1. The van der Waals surface area contributed by atoms with Gasteiger partial charge in [-0.25, -0.2) is 9.37 Å². The molecule has 0 aliphatic rings. The van der Waals surface area contributed by atoms with Gasteiger partial charge < -0.3 is 10.5 Å². The fraction of sp³-hybridized carbons (Fsp3) is 0. The van der Waals surface area contributed by atoms with E-state index < -0.39 is 5.82 Å². The Morgan fingerprint density at radius 1 is 1.18 bits per heavy atom. The number of benzene rings is 1. The van der Waals surface area contributed by atoms with Crippen molar-refractivity contribution in [1.82, 2.24) is 4.98 Å². The van der Waals surface area contributed by atoms with Crippen molar-refractivity contribution in [2.75, 3.05) is 5.73 Å². The van der Waals surface area contributed by atoms with Gasteiger partial charge in [0.2, 0.25) is 5.88 Å². The summed E-state index contributed by atoms with van der Waals surface area (Å²) in [7, 11) is 0. The van der Waals surface area contributed by atoms with Crippen molar-refractivity contribution < 1.29 is 9.13 Å². The van der Waals surface area contributed by atoms with Crippen molar-refractivity contribution in [3.8, 4) is 11.6 Å². The monoisotopic (exact) mass is 272 g/mol. The maximum absolute atomic E-state index is 13.2. The summed E-state index contributed by atoms with van der Waals surface area (Å²) in [4.78, 5) is 3.89. The number of nitrogens with two attached hydrogens (primary N) is 1. The summed E-state index contributed by atoms with van der Waals surface area (Å²) in [6.45, 7) is 0. The zero-order valence-electron chi connectivity index (χ0n) is 8.45. The van der Waals surface area contributed by atoms with Crippen LogP contribution in [-0.4, -0.2) is 4.98 Å². The van der Waals surface area contributed by atoms with Crippen molar-refractivity contribution >= 4 is 28.9 Å². The number of nitrogen functional groups attached to an aromatic ring is 1. The van der Waals surface area contributed by atoms with Crippen LogP contribution in [0.15, 0.2) is 30.3 Å². The Bertz CT molecular complexity index is 543. The van der Waals surface area contributed by atoms with E-state index in [1.165, 1.54) is 24.3 Å². The smallest absolute Gasteiger partial charge is 0.222 e. The molecule has 2 aromatic rings. The largest absolute Gasteiger partial charge is 0.439 e. The van der Waals surface area contributed by atoms with Gasteiger partial charge in [0.1, 0.15) is 16.7 Å². The van der Waals surface area contributed by atoms with E-state index in [1.807, 2.05) is 0 Å². The normalized spacial score (nSPS) is 10.3. The van der Waals surface area contributed by atoms with Gasteiger partial charge in [0, 0.05) is 17.8 Å². The van der Waals surface area contributed by atoms with Crippen LogP contribution in [0, 0.1) is 5.82 Å². The molecule has 0 bridgehead atoms. The molecule has 0 aliphatic carbocycles. The summed E-state index contributed by atoms with van der Waals surface area (Å²) in [5, 5.41) is 0.227. The number of hydrogen-bond acceptors (Lipinski definition) is 3. The molecule has 1 heterocycles. The van der Waals surface area contributed by atoms with Crippen LogP contribution in [0.4, 0.5) is 10.1 Å². The fourth-order valence-corrected chi connectivity index (χ4v) is 1.53. The van der Waals surface area contributed by atoms with Crippen LogP contribution in [-0.2, 0) is 0 Å². The number of pyridine rings is 1. The third-order valence-corrected chi connectivity index (χ3v) is 2.41. The third-order valence-electron chi connectivity index (χ3n) is 1.91. The van der Waals surface area contributed by atoms with E-state index in [1.54, 1.807) is 0 Å². The summed E-state index contributed by atoms with van der Waals surface area (Å²) in [6, 6.07) is 7.03. The summed E-state index contributed by atoms with van der Waals surface area (Å²) in [6.07, 6.45) is 0. The Morgan fingerprint density at radius 3 is 2.59 bits per heavy atom. The predicted molar refractivity (Wildman–Crippen MR) is 65.1 cm³/mol. The number of rotatable bonds is 2. The highest BCUT2D eigenvalue weighted by Gasteiger charge is 2.05. The Balaban J connectivity index is 2.28. The summed E-state index contributed by atoms with van der Waals surface area (Å²) >= 11 is 11.3. The maximum atomic E-state index is 13.2. The lowest BCUT2D eigenvalue weighted by Gasteiger charge is -2.06. The van der Waals surface area contributed by atoms with Crippen LogP contribution in [0.3, 0.4) is 0 Å². The van der Waals surface area contributed by atoms with Gasteiger partial charge in [-0.3, -0.25) is 0 Å². The Hall–Kier alpha value is -1.52. The minimum absolute atomic E-state index is 0.0240. The molecule has 0 saturated carbocycles. The number of anilines is 1. The van der Waals surface area contributed by atoms with Gasteiger partial charge in [-0.1, -0.05) is 23.2 Å². The molecule has 0 atom stereocenters. The minimum atomic E-state index is -0.570. The SMILES string of the molecule is Nc1cc(Cl)nc(Oc2ccc(Cl)c(F)c2)c1. The first-order valence-electron chi connectivity index (χ1n) is 4.60. The summed E-state index contributed by atoms with van der Waals surface area (Å²) in [5.41, 5.74) is 5.98. The highest BCUT2D eigenvalue weighted by molar-refractivity contribution is 6.30. The first kappa shape index (κ1) is 12.0. The van der Waals surface area contributed by atoms with Crippen molar-refractivity contribution in [1.29, 1.82) is 0 Å². The fourth-order valence-electron chi connectivity index (χ4n) is 1.20. The standard InChI is InChI=1S/C11H7Cl2FN2O/c12-8-2-1-7(5-9(8)14)17-11-4-6(15)3-10(13)16-11/h1-5H,(H2,15,16). The van der Waals surface area contributed by atoms with E-state index in [0.717, 1.165) is 6.07 Å². The van der Waals surface area contributed by atoms with Crippen LogP contribution >= 0.6 is 23.2 Å². The second kappa shape index (κ2) is 4.77. The molecule has 2 N–H and O–H groups in total. The molecule has 0 spiro atoms. The topological polar surface area (TPSA) is 48.1 Å². The van der Waals surface area contributed by atoms with E-state index in [2.05, 4.69) is 4.98 Å². The van der Waals surface area contributed by atoms with E-state index >= 15 is 0 Å². The lowest BCUT2D eigenvalue weighted by atomic mass is 10.3. The maximum Gasteiger partial charge on any atom is 0.222 e. The average molecular weight is 273 g/mol. The quantitative estimate of drug-likeness (QED) is 0.844. The lowest BCUT2D eigenvalue weighted by Crippen LogP contribution is -1.92. The van der Waals surface area contributed by atoms with E-state index in [9.17, 15) is 4.39 Å². The molecule has 6 heteroatoms. The van der Waals surface area contributed by atoms with Crippen molar-refractivity contribution in [2.24, 2.45) is 0 Å². The van der Waals surface area contributed by atoms with E-state index in [0.29, 0.717) is 5.69 Å². The Kier molecular flexibility index (Phi) is 3.36. The molecule has 0 aliphatic heterocycles. The van der Waals surface area contributed by atoms with Crippen LogP contribution in [0.2, 0.25) is 10.2 Å². The molecule has 2 rings (SSSR count). The van der Waals surface area contributed by atoms with Gasteiger partial charge in [-0.15, -0.1) is 0 Å². The molecule has 3 nitrogen and oxygen atoms in total.